The van der Waals surface area contributed by atoms with E-state index in [1.165, 1.54) is 4.90 Å². The number of nitrogens with zero attached hydrogens (tertiary/aromatic N) is 1. The molecule has 0 spiro atoms. The van der Waals surface area contributed by atoms with E-state index in [9.17, 15) is 14.4 Å². The summed E-state index contributed by atoms with van der Waals surface area (Å²) >= 11 is 0. The average molecular weight is 299 g/mol. The Bertz CT molecular complexity index is 362. The zero-order valence-electron chi connectivity index (χ0n) is 14.2. The van der Waals surface area contributed by atoms with Gasteiger partial charge in [-0.15, -0.1) is 0 Å². The van der Waals surface area contributed by atoms with Crippen LogP contribution in [0.25, 0.3) is 0 Å². The maximum absolute atomic E-state index is 12.4. The van der Waals surface area contributed by atoms with E-state index in [4.69, 9.17) is 5.11 Å². The van der Waals surface area contributed by atoms with E-state index < -0.39 is 16.8 Å². The number of aliphatic carboxylic acids is 1. The maximum Gasteiger partial charge on any atom is 0.303 e. The van der Waals surface area contributed by atoms with Crippen molar-refractivity contribution in [2.75, 3.05) is 6.54 Å². The second kappa shape index (κ2) is 7.57. The standard InChI is InChI=1S/C16H29NO4/c1-15(2,3)13(20)17(14(21)16(4,5)6)11-9-7-8-10-12(18)19/h7-11H2,1-6H3,(H,18,19). The molecule has 2 amide bonds. The molecule has 0 rings (SSSR count). The summed E-state index contributed by atoms with van der Waals surface area (Å²) in [4.78, 5) is 36.7. The molecule has 0 bridgehead atoms. The van der Waals surface area contributed by atoms with E-state index in [-0.39, 0.29) is 18.2 Å². The summed E-state index contributed by atoms with van der Waals surface area (Å²) < 4.78 is 0. The lowest BCUT2D eigenvalue weighted by Crippen LogP contribution is -2.48. The van der Waals surface area contributed by atoms with Crippen molar-refractivity contribution < 1.29 is 19.5 Å². The van der Waals surface area contributed by atoms with E-state index in [1.54, 1.807) is 41.5 Å². The van der Waals surface area contributed by atoms with Crippen molar-refractivity contribution in [2.24, 2.45) is 10.8 Å². The van der Waals surface area contributed by atoms with E-state index in [0.29, 0.717) is 25.8 Å². The minimum Gasteiger partial charge on any atom is -0.481 e. The van der Waals surface area contributed by atoms with Crippen LogP contribution in [0.15, 0.2) is 0 Å². The lowest BCUT2D eigenvalue weighted by molar-refractivity contribution is -0.155. The molecule has 5 nitrogen and oxygen atoms in total. The molecule has 0 heterocycles. The number of hydrogen-bond acceptors (Lipinski definition) is 3. The quantitative estimate of drug-likeness (QED) is 0.765. The highest BCUT2D eigenvalue weighted by atomic mass is 16.4. The molecule has 21 heavy (non-hydrogen) atoms. The molecule has 0 radical (unpaired) electrons. The minimum absolute atomic E-state index is 0.125. The molecule has 0 saturated carbocycles. The summed E-state index contributed by atoms with van der Waals surface area (Å²) in [7, 11) is 0. The van der Waals surface area contributed by atoms with Gasteiger partial charge < -0.3 is 5.11 Å². The van der Waals surface area contributed by atoms with Crippen molar-refractivity contribution in [3.05, 3.63) is 0 Å². The van der Waals surface area contributed by atoms with Crippen LogP contribution in [0.1, 0.15) is 67.2 Å². The predicted octanol–water partition coefficient (Wildman–Crippen LogP) is 3.08. The highest BCUT2D eigenvalue weighted by molar-refractivity contribution is 5.99. The summed E-state index contributed by atoms with van der Waals surface area (Å²) in [6.07, 6.45) is 2.02. The van der Waals surface area contributed by atoms with Gasteiger partial charge in [0.1, 0.15) is 0 Å². The van der Waals surface area contributed by atoms with Crippen molar-refractivity contribution in [3.63, 3.8) is 0 Å². The summed E-state index contributed by atoms with van der Waals surface area (Å²) in [5.41, 5.74) is -1.22. The topological polar surface area (TPSA) is 74.7 Å². The minimum atomic E-state index is -0.816. The Hall–Kier alpha value is -1.39. The van der Waals surface area contributed by atoms with Crippen LogP contribution >= 0.6 is 0 Å². The predicted molar refractivity (Wildman–Crippen MR) is 81.7 cm³/mol. The molecule has 0 aliphatic heterocycles. The largest absolute Gasteiger partial charge is 0.481 e. The molecule has 1 N–H and O–H groups in total. The van der Waals surface area contributed by atoms with Gasteiger partial charge >= 0.3 is 5.97 Å². The van der Waals surface area contributed by atoms with Gasteiger partial charge in [-0.25, -0.2) is 0 Å². The second-order valence-electron chi connectivity index (χ2n) is 7.47. The van der Waals surface area contributed by atoms with Crippen LogP contribution in [0.2, 0.25) is 0 Å². The first kappa shape index (κ1) is 19.6. The lowest BCUT2D eigenvalue weighted by Gasteiger charge is -2.32. The van der Waals surface area contributed by atoms with Crippen molar-refractivity contribution in [1.29, 1.82) is 0 Å². The molecule has 0 aromatic heterocycles. The molecule has 0 unspecified atom stereocenters. The molecule has 122 valence electrons. The molecule has 0 aromatic rings. The highest BCUT2D eigenvalue weighted by Gasteiger charge is 2.35. The van der Waals surface area contributed by atoms with Gasteiger partial charge in [0.05, 0.1) is 0 Å². The SMILES string of the molecule is CC(C)(C)C(=O)N(CCCCCC(=O)O)C(=O)C(C)(C)C. The molecule has 0 aromatic carbocycles. The molecular weight excluding hydrogens is 270 g/mol. The van der Waals surface area contributed by atoms with Crippen molar-refractivity contribution in [1.82, 2.24) is 4.90 Å². The second-order valence-corrected chi connectivity index (χ2v) is 7.47. The Morgan fingerprint density at radius 2 is 1.24 bits per heavy atom. The van der Waals surface area contributed by atoms with Gasteiger partial charge in [-0.2, -0.15) is 0 Å². The number of unbranched alkanes of at least 4 members (excludes halogenated alkanes) is 2. The van der Waals surface area contributed by atoms with E-state index >= 15 is 0 Å². The number of carbonyl (C=O) groups excluding carboxylic acids is 2. The Kier molecular flexibility index (Phi) is 7.07. The summed E-state index contributed by atoms with van der Waals surface area (Å²) in [6.45, 7) is 11.1. The zero-order valence-corrected chi connectivity index (χ0v) is 14.2. The first-order chi connectivity index (χ1) is 9.37. The third-order valence-electron chi connectivity index (χ3n) is 3.05. The Labute approximate surface area is 127 Å². The van der Waals surface area contributed by atoms with Crippen LogP contribution in [0.4, 0.5) is 0 Å². The number of rotatable bonds is 6. The number of imide groups is 1. The normalized spacial score (nSPS) is 12.1. The van der Waals surface area contributed by atoms with E-state index in [0.717, 1.165) is 0 Å². The van der Waals surface area contributed by atoms with Gasteiger partial charge in [0, 0.05) is 23.8 Å². The van der Waals surface area contributed by atoms with Gasteiger partial charge in [0.2, 0.25) is 11.8 Å². The maximum atomic E-state index is 12.4. The van der Waals surface area contributed by atoms with Crippen LogP contribution in [0.3, 0.4) is 0 Å². The molecule has 0 fully saturated rings. The first-order valence-electron chi connectivity index (χ1n) is 7.45. The number of hydrogen-bond donors (Lipinski definition) is 1. The van der Waals surface area contributed by atoms with Crippen LogP contribution < -0.4 is 0 Å². The average Bonchev–Trinajstić information content (AvgIpc) is 2.29. The van der Waals surface area contributed by atoms with Crippen LogP contribution in [-0.2, 0) is 14.4 Å². The molecule has 0 aliphatic carbocycles. The smallest absolute Gasteiger partial charge is 0.303 e. The zero-order chi connectivity index (χ0) is 16.8. The summed E-state index contributed by atoms with van der Waals surface area (Å²) in [5, 5.41) is 8.59. The summed E-state index contributed by atoms with van der Waals surface area (Å²) in [6, 6.07) is 0. The Morgan fingerprint density at radius 3 is 1.57 bits per heavy atom. The van der Waals surface area contributed by atoms with Gasteiger partial charge in [-0.3, -0.25) is 19.3 Å². The van der Waals surface area contributed by atoms with Gasteiger partial charge in [0.25, 0.3) is 0 Å². The monoisotopic (exact) mass is 299 g/mol. The fourth-order valence-corrected chi connectivity index (χ4v) is 1.83. The number of carboxylic acid groups (broad SMARTS) is 1. The number of amides is 2. The highest BCUT2D eigenvalue weighted by Crippen LogP contribution is 2.24. The Balaban J connectivity index is 4.73. The van der Waals surface area contributed by atoms with Crippen LogP contribution in [0, 0.1) is 10.8 Å². The van der Waals surface area contributed by atoms with Crippen LogP contribution in [-0.4, -0.2) is 34.3 Å². The van der Waals surface area contributed by atoms with Crippen molar-refractivity contribution in [3.8, 4) is 0 Å². The third-order valence-corrected chi connectivity index (χ3v) is 3.05. The lowest BCUT2D eigenvalue weighted by atomic mass is 9.90. The van der Waals surface area contributed by atoms with E-state index in [1.807, 2.05) is 0 Å². The molecule has 0 aliphatic rings. The number of carbonyl (C=O) groups is 3. The summed E-state index contributed by atoms with van der Waals surface area (Å²) in [5.74, 6) is -1.18. The van der Waals surface area contributed by atoms with Crippen molar-refractivity contribution >= 4 is 17.8 Å². The fourth-order valence-electron chi connectivity index (χ4n) is 1.83. The van der Waals surface area contributed by atoms with Gasteiger partial charge in [0.15, 0.2) is 0 Å². The van der Waals surface area contributed by atoms with Gasteiger partial charge in [-0.05, 0) is 12.8 Å². The fraction of sp³-hybridized carbons (Fsp3) is 0.812. The third kappa shape index (κ3) is 7.25. The van der Waals surface area contributed by atoms with Crippen molar-refractivity contribution in [2.45, 2.75) is 67.2 Å². The van der Waals surface area contributed by atoms with E-state index in [2.05, 4.69) is 0 Å². The first-order valence-corrected chi connectivity index (χ1v) is 7.45. The molecule has 5 heteroatoms. The molecule has 0 saturated heterocycles. The molecular formula is C16H29NO4. The number of carboxylic acids is 1. The molecule has 0 atom stereocenters. The Morgan fingerprint density at radius 1 is 0.810 bits per heavy atom. The van der Waals surface area contributed by atoms with Crippen LogP contribution in [0.5, 0.6) is 0 Å². The van der Waals surface area contributed by atoms with Gasteiger partial charge in [-0.1, -0.05) is 48.0 Å².